The molecule has 7 heteroatoms. The lowest BCUT2D eigenvalue weighted by atomic mass is 10.1. The minimum Gasteiger partial charge on any atom is -0.462 e. The van der Waals surface area contributed by atoms with Crippen LogP contribution in [0.3, 0.4) is 0 Å². The highest BCUT2D eigenvalue weighted by molar-refractivity contribution is 7.18. The number of nitrogens with one attached hydrogen (secondary N) is 1. The van der Waals surface area contributed by atoms with Crippen LogP contribution in [0.25, 0.3) is 0 Å². The third-order valence-corrected chi connectivity index (χ3v) is 4.24. The van der Waals surface area contributed by atoms with Crippen molar-refractivity contribution in [3.05, 3.63) is 16.0 Å². The average molecular weight is 369 g/mol. The van der Waals surface area contributed by atoms with Gasteiger partial charge < -0.3 is 14.8 Å². The Bertz CT molecular complexity index is 655. The summed E-state index contributed by atoms with van der Waals surface area (Å²) in [6.07, 6.45) is 0.320. The molecule has 1 heterocycles. The van der Waals surface area contributed by atoms with Gasteiger partial charge in [0, 0.05) is 6.42 Å². The Morgan fingerprint density at radius 3 is 2.24 bits per heavy atom. The van der Waals surface area contributed by atoms with Crippen molar-refractivity contribution in [1.29, 1.82) is 0 Å². The van der Waals surface area contributed by atoms with Crippen molar-refractivity contribution in [1.82, 2.24) is 0 Å². The third-order valence-electron chi connectivity index (χ3n) is 3.06. The molecule has 0 radical (unpaired) electrons. The molecule has 1 amide bonds. The summed E-state index contributed by atoms with van der Waals surface area (Å²) in [5.74, 6) is -1.12. The molecule has 1 rings (SSSR count). The van der Waals surface area contributed by atoms with E-state index in [0.717, 1.165) is 11.3 Å². The smallest absolute Gasteiger partial charge is 0.349 e. The first-order valence-corrected chi connectivity index (χ1v) is 9.11. The fourth-order valence-electron chi connectivity index (χ4n) is 2.12. The summed E-state index contributed by atoms with van der Waals surface area (Å²) < 4.78 is 10.5. The summed E-state index contributed by atoms with van der Waals surface area (Å²) in [5, 5.41) is 3.05. The molecule has 0 spiro atoms. The predicted molar refractivity (Wildman–Crippen MR) is 98.3 cm³/mol. The molecule has 0 aliphatic heterocycles. The van der Waals surface area contributed by atoms with E-state index in [0.29, 0.717) is 17.0 Å². The van der Waals surface area contributed by atoms with Crippen LogP contribution in [-0.4, -0.2) is 30.1 Å². The van der Waals surface area contributed by atoms with E-state index in [2.05, 4.69) is 5.32 Å². The highest BCUT2D eigenvalue weighted by atomic mass is 32.1. The third kappa shape index (κ3) is 6.16. The second kappa shape index (κ2) is 8.47. The molecule has 0 atom stereocenters. The van der Waals surface area contributed by atoms with Gasteiger partial charge >= 0.3 is 11.9 Å². The lowest BCUT2D eigenvalue weighted by molar-refractivity contribution is -0.116. The van der Waals surface area contributed by atoms with Gasteiger partial charge in [-0.05, 0) is 46.1 Å². The van der Waals surface area contributed by atoms with Crippen molar-refractivity contribution < 1.29 is 23.9 Å². The molecule has 1 N–H and O–H groups in total. The fourth-order valence-corrected chi connectivity index (χ4v) is 3.21. The standard InChI is InChI=1S/C18H27NO5S/c1-8-23-16(21)13-11(4)14(17(22)24-18(5,6)7)25-15(13)19-12(20)9-10(2)3/h10H,8-9H2,1-7H3,(H,19,20). The predicted octanol–water partition coefficient (Wildman–Crippen LogP) is 4.17. The van der Waals surface area contributed by atoms with Crippen LogP contribution < -0.4 is 5.32 Å². The summed E-state index contributed by atoms with van der Waals surface area (Å²) in [6.45, 7) is 12.7. The second-order valence-electron chi connectivity index (χ2n) is 7.13. The van der Waals surface area contributed by atoms with Crippen molar-refractivity contribution in [2.75, 3.05) is 11.9 Å². The Morgan fingerprint density at radius 1 is 1.16 bits per heavy atom. The SMILES string of the molecule is CCOC(=O)c1c(NC(=O)CC(C)C)sc(C(=O)OC(C)(C)C)c1C. The minimum absolute atomic E-state index is 0.178. The topological polar surface area (TPSA) is 81.7 Å². The normalized spacial score (nSPS) is 11.4. The maximum Gasteiger partial charge on any atom is 0.349 e. The first kappa shape index (κ1) is 21.2. The van der Waals surface area contributed by atoms with E-state index >= 15 is 0 Å². The van der Waals surface area contributed by atoms with Crippen molar-refractivity contribution in [2.24, 2.45) is 5.92 Å². The summed E-state index contributed by atoms with van der Waals surface area (Å²) in [6, 6.07) is 0. The molecular weight excluding hydrogens is 342 g/mol. The molecule has 0 fully saturated rings. The number of hydrogen-bond donors (Lipinski definition) is 1. The van der Waals surface area contributed by atoms with Crippen LogP contribution in [0.1, 0.15) is 73.6 Å². The Kier molecular flexibility index (Phi) is 7.17. The monoisotopic (exact) mass is 369 g/mol. The summed E-state index contributed by atoms with van der Waals surface area (Å²) >= 11 is 1.04. The first-order chi connectivity index (χ1) is 11.5. The second-order valence-corrected chi connectivity index (χ2v) is 8.15. The number of anilines is 1. The van der Waals surface area contributed by atoms with Crippen LogP contribution in [0.2, 0.25) is 0 Å². The van der Waals surface area contributed by atoms with E-state index in [-0.39, 0.29) is 28.9 Å². The Labute approximate surface area is 152 Å². The van der Waals surface area contributed by atoms with Crippen LogP contribution in [0.4, 0.5) is 5.00 Å². The molecule has 0 saturated carbocycles. The molecule has 140 valence electrons. The number of carbonyl (C=O) groups excluding carboxylic acids is 3. The van der Waals surface area contributed by atoms with Gasteiger partial charge in [0.25, 0.3) is 0 Å². The van der Waals surface area contributed by atoms with Gasteiger partial charge in [0.1, 0.15) is 15.5 Å². The lowest BCUT2D eigenvalue weighted by Crippen LogP contribution is -2.23. The minimum atomic E-state index is -0.654. The maximum absolute atomic E-state index is 12.4. The Balaban J connectivity index is 3.25. The number of hydrogen-bond acceptors (Lipinski definition) is 6. The number of thiophene rings is 1. The molecule has 0 unspecified atom stereocenters. The van der Waals surface area contributed by atoms with E-state index in [9.17, 15) is 14.4 Å². The largest absolute Gasteiger partial charge is 0.462 e. The van der Waals surface area contributed by atoms with Crippen molar-refractivity contribution in [3.63, 3.8) is 0 Å². The van der Waals surface area contributed by atoms with Gasteiger partial charge in [-0.25, -0.2) is 9.59 Å². The average Bonchev–Trinajstić information content (AvgIpc) is 2.72. The zero-order chi connectivity index (χ0) is 19.4. The summed E-state index contributed by atoms with van der Waals surface area (Å²) in [5.41, 5.74) is 0.0147. The number of rotatable bonds is 6. The maximum atomic E-state index is 12.4. The van der Waals surface area contributed by atoms with E-state index in [4.69, 9.17) is 9.47 Å². The van der Waals surface area contributed by atoms with E-state index in [1.54, 1.807) is 34.6 Å². The molecule has 1 aromatic heterocycles. The van der Waals surface area contributed by atoms with Gasteiger partial charge in [-0.15, -0.1) is 11.3 Å². The molecular formula is C18H27NO5S. The van der Waals surface area contributed by atoms with E-state index in [1.807, 2.05) is 13.8 Å². The van der Waals surface area contributed by atoms with Crippen molar-refractivity contribution >= 4 is 34.2 Å². The Morgan fingerprint density at radius 2 is 1.76 bits per heavy atom. The van der Waals surface area contributed by atoms with Gasteiger partial charge in [0.15, 0.2) is 0 Å². The lowest BCUT2D eigenvalue weighted by Gasteiger charge is -2.19. The number of amides is 1. The molecule has 0 aromatic carbocycles. The summed E-state index contributed by atoms with van der Waals surface area (Å²) in [7, 11) is 0. The van der Waals surface area contributed by atoms with Gasteiger partial charge in [-0.1, -0.05) is 13.8 Å². The Hall–Kier alpha value is -1.89. The molecule has 0 aliphatic rings. The fraction of sp³-hybridized carbons (Fsp3) is 0.611. The highest BCUT2D eigenvalue weighted by Gasteiger charge is 2.29. The van der Waals surface area contributed by atoms with Crippen LogP contribution in [0.15, 0.2) is 0 Å². The zero-order valence-electron chi connectivity index (χ0n) is 15.9. The van der Waals surface area contributed by atoms with Gasteiger partial charge in [0.05, 0.1) is 12.2 Å². The molecule has 0 bridgehead atoms. The van der Waals surface area contributed by atoms with Crippen LogP contribution in [0, 0.1) is 12.8 Å². The molecule has 0 saturated heterocycles. The van der Waals surface area contributed by atoms with Crippen LogP contribution in [-0.2, 0) is 14.3 Å². The highest BCUT2D eigenvalue weighted by Crippen LogP contribution is 2.35. The van der Waals surface area contributed by atoms with Crippen LogP contribution >= 0.6 is 11.3 Å². The molecule has 25 heavy (non-hydrogen) atoms. The molecule has 1 aromatic rings. The van der Waals surface area contributed by atoms with Crippen LogP contribution in [0.5, 0.6) is 0 Å². The van der Waals surface area contributed by atoms with Gasteiger partial charge in [-0.3, -0.25) is 4.79 Å². The van der Waals surface area contributed by atoms with E-state index in [1.165, 1.54) is 0 Å². The van der Waals surface area contributed by atoms with Gasteiger partial charge in [0.2, 0.25) is 5.91 Å². The summed E-state index contributed by atoms with van der Waals surface area (Å²) in [4.78, 5) is 37.1. The van der Waals surface area contributed by atoms with Crippen molar-refractivity contribution in [3.8, 4) is 0 Å². The van der Waals surface area contributed by atoms with Crippen molar-refractivity contribution in [2.45, 2.75) is 60.5 Å². The quantitative estimate of drug-likeness (QED) is 0.761. The molecule has 6 nitrogen and oxygen atoms in total. The number of esters is 2. The zero-order valence-corrected chi connectivity index (χ0v) is 16.8. The molecule has 0 aliphatic carbocycles. The first-order valence-electron chi connectivity index (χ1n) is 8.30. The number of carbonyl (C=O) groups is 3. The van der Waals surface area contributed by atoms with E-state index < -0.39 is 17.5 Å². The number of ether oxygens (including phenoxy) is 2. The van der Waals surface area contributed by atoms with Gasteiger partial charge in [-0.2, -0.15) is 0 Å².